The van der Waals surface area contributed by atoms with Crippen LogP contribution in [0, 0.1) is 5.82 Å². The third kappa shape index (κ3) is 4.25. The Labute approximate surface area is 186 Å². The zero-order chi connectivity index (χ0) is 22.7. The normalized spacial score (nSPS) is 16.0. The first-order valence-corrected chi connectivity index (χ1v) is 11.0. The molecule has 0 fully saturated rings. The van der Waals surface area contributed by atoms with Crippen molar-refractivity contribution < 1.29 is 14.0 Å². The van der Waals surface area contributed by atoms with E-state index in [0.717, 1.165) is 31.2 Å². The SMILES string of the molecule is CCCC1(CCC)N=C(c2cnn3ccc(N[C@H](C)c4cc(F)ccc4OC)nc23)NO1. The van der Waals surface area contributed by atoms with Gasteiger partial charge in [0.05, 0.1) is 24.9 Å². The van der Waals surface area contributed by atoms with Crippen molar-refractivity contribution in [1.29, 1.82) is 0 Å². The minimum atomic E-state index is -0.550. The first kappa shape index (κ1) is 22.0. The lowest BCUT2D eigenvalue weighted by Gasteiger charge is -2.22. The number of benzene rings is 1. The largest absolute Gasteiger partial charge is 0.496 e. The highest BCUT2D eigenvalue weighted by atomic mass is 19.1. The summed E-state index contributed by atoms with van der Waals surface area (Å²) in [6.07, 6.45) is 7.18. The van der Waals surface area contributed by atoms with E-state index in [1.807, 2.05) is 19.2 Å². The number of fused-ring (bicyclic) bond motifs is 1. The smallest absolute Gasteiger partial charge is 0.187 e. The maximum absolute atomic E-state index is 13.8. The van der Waals surface area contributed by atoms with Gasteiger partial charge in [-0.3, -0.25) is 0 Å². The Bertz CT molecular complexity index is 1120. The molecule has 0 radical (unpaired) electrons. The number of hydrogen-bond acceptors (Lipinski definition) is 7. The molecule has 3 heterocycles. The predicted molar refractivity (Wildman–Crippen MR) is 121 cm³/mol. The van der Waals surface area contributed by atoms with Gasteiger partial charge < -0.3 is 10.1 Å². The van der Waals surface area contributed by atoms with Gasteiger partial charge in [0.1, 0.15) is 17.4 Å². The molecule has 2 aromatic heterocycles. The number of hydroxylamine groups is 1. The van der Waals surface area contributed by atoms with Crippen molar-refractivity contribution in [1.82, 2.24) is 20.1 Å². The second-order valence-electron chi connectivity index (χ2n) is 8.00. The summed E-state index contributed by atoms with van der Waals surface area (Å²) >= 11 is 0. The van der Waals surface area contributed by atoms with Gasteiger partial charge in [-0.1, -0.05) is 26.7 Å². The van der Waals surface area contributed by atoms with Crippen LogP contribution in [0.2, 0.25) is 0 Å². The summed E-state index contributed by atoms with van der Waals surface area (Å²) < 4.78 is 20.9. The fourth-order valence-corrected chi connectivity index (χ4v) is 4.09. The molecule has 0 unspecified atom stereocenters. The summed E-state index contributed by atoms with van der Waals surface area (Å²) in [4.78, 5) is 15.5. The second-order valence-corrected chi connectivity index (χ2v) is 8.00. The molecule has 0 saturated carbocycles. The van der Waals surface area contributed by atoms with Crippen LogP contribution in [0.15, 0.2) is 41.7 Å². The van der Waals surface area contributed by atoms with E-state index in [9.17, 15) is 4.39 Å². The number of anilines is 1. The Morgan fingerprint density at radius 1 is 1.25 bits per heavy atom. The Morgan fingerprint density at radius 2 is 2.03 bits per heavy atom. The van der Waals surface area contributed by atoms with E-state index in [2.05, 4.69) is 29.7 Å². The average Bonchev–Trinajstić information content (AvgIpc) is 3.38. The monoisotopic (exact) mass is 440 g/mol. The van der Waals surface area contributed by atoms with Crippen molar-refractivity contribution in [2.75, 3.05) is 12.4 Å². The molecule has 1 aliphatic heterocycles. The van der Waals surface area contributed by atoms with Crippen LogP contribution in [0.5, 0.6) is 5.75 Å². The zero-order valence-electron chi connectivity index (χ0n) is 18.9. The van der Waals surface area contributed by atoms with Gasteiger partial charge in [-0.25, -0.2) is 29.2 Å². The number of methoxy groups -OCH3 is 1. The van der Waals surface area contributed by atoms with Gasteiger partial charge in [-0.05, 0) is 44.0 Å². The number of amidine groups is 1. The Balaban J connectivity index is 1.63. The van der Waals surface area contributed by atoms with Gasteiger partial charge in [0.2, 0.25) is 0 Å². The molecule has 1 aliphatic rings. The van der Waals surface area contributed by atoms with Gasteiger partial charge in [-0.2, -0.15) is 5.10 Å². The van der Waals surface area contributed by atoms with Gasteiger partial charge >= 0.3 is 0 Å². The summed E-state index contributed by atoms with van der Waals surface area (Å²) in [5, 5.41) is 7.73. The molecule has 8 nitrogen and oxygen atoms in total. The summed E-state index contributed by atoms with van der Waals surface area (Å²) in [5.41, 5.74) is 4.57. The molecule has 1 atom stereocenters. The molecule has 0 bridgehead atoms. The molecule has 0 spiro atoms. The first-order valence-electron chi connectivity index (χ1n) is 11.0. The summed E-state index contributed by atoms with van der Waals surface area (Å²) in [7, 11) is 1.57. The van der Waals surface area contributed by atoms with Gasteiger partial charge in [0.25, 0.3) is 0 Å². The molecule has 0 aliphatic carbocycles. The number of halogens is 1. The first-order chi connectivity index (χ1) is 15.5. The van der Waals surface area contributed by atoms with E-state index < -0.39 is 5.72 Å². The molecule has 9 heteroatoms. The van der Waals surface area contributed by atoms with Crippen LogP contribution < -0.4 is 15.5 Å². The van der Waals surface area contributed by atoms with E-state index in [4.69, 9.17) is 19.6 Å². The maximum Gasteiger partial charge on any atom is 0.187 e. The summed E-state index contributed by atoms with van der Waals surface area (Å²) in [6, 6.07) is 6.07. The molecule has 0 saturated heterocycles. The van der Waals surface area contributed by atoms with Crippen LogP contribution in [-0.2, 0) is 4.84 Å². The third-order valence-corrected chi connectivity index (χ3v) is 5.58. The van der Waals surface area contributed by atoms with Crippen molar-refractivity contribution in [2.45, 2.75) is 58.2 Å². The number of ether oxygens (including phenoxy) is 1. The van der Waals surface area contributed by atoms with Gasteiger partial charge in [-0.15, -0.1) is 0 Å². The Morgan fingerprint density at radius 3 is 2.75 bits per heavy atom. The number of aromatic nitrogens is 3. The molecule has 3 aromatic rings. The molecule has 170 valence electrons. The second kappa shape index (κ2) is 9.12. The number of nitrogens with zero attached hydrogens (tertiary/aromatic N) is 4. The lowest BCUT2D eigenvalue weighted by atomic mass is 10.0. The summed E-state index contributed by atoms with van der Waals surface area (Å²) in [5.74, 6) is 1.56. The molecule has 1 aromatic carbocycles. The fourth-order valence-electron chi connectivity index (χ4n) is 4.09. The predicted octanol–water partition coefficient (Wildman–Crippen LogP) is 4.63. The molecule has 4 rings (SSSR count). The lowest BCUT2D eigenvalue weighted by Crippen LogP contribution is -2.29. The molecule has 32 heavy (non-hydrogen) atoms. The number of nitrogens with one attached hydrogen (secondary N) is 2. The van der Waals surface area contributed by atoms with Gasteiger partial charge in [0, 0.05) is 11.8 Å². The molecular weight excluding hydrogens is 411 g/mol. The van der Waals surface area contributed by atoms with Crippen LogP contribution >= 0.6 is 0 Å². The fraction of sp³-hybridized carbons (Fsp3) is 0.435. The number of aliphatic imine (C=N–C) groups is 1. The molecule has 2 N–H and O–H groups in total. The third-order valence-electron chi connectivity index (χ3n) is 5.58. The van der Waals surface area contributed by atoms with E-state index in [1.165, 1.54) is 12.1 Å². The Hall–Kier alpha value is -3.20. The topological polar surface area (TPSA) is 85.1 Å². The van der Waals surface area contributed by atoms with Crippen LogP contribution in [0.25, 0.3) is 5.65 Å². The lowest BCUT2D eigenvalue weighted by molar-refractivity contribution is -0.0657. The highest BCUT2D eigenvalue weighted by Gasteiger charge is 2.36. The molecule has 0 amide bonds. The van der Waals surface area contributed by atoms with E-state index in [-0.39, 0.29) is 11.9 Å². The number of rotatable bonds is 9. The van der Waals surface area contributed by atoms with Crippen LogP contribution in [0.3, 0.4) is 0 Å². The van der Waals surface area contributed by atoms with Crippen molar-refractivity contribution in [3.63, 3.8) is 0 Å². The average molecular weight is 441 g/mol. The summed E-state index contributed by atoms with van der Waals surface area (Å²) in [6.45, 7) is 6.18. The van der Waals surface area contributed by atoms with Crippen LogP contribution in [0.1, 0.15) is 63.6 Å². The van der Waals surface area contributed by atoms with E-state index in [1.54, 1.807) is 23.9 Å². The quantitative estimate of drug-likeness (QED) is 0.505. The van der Waals surface area contributed by atoms with Crippen LogP contribution in [-0.4, -0.2) is 33.3 Å². The standard InChI is InChI=1S/C23H29FN6O2/c1-5-10-23(11-6-2)28-21(29-32-23)18-14-25-30-12-9-20(27-22(18)30)26-15(3)17-13-16(24)7-8-19(17)31-4/h7-9,12-15H,5-6,10-11H2,1-4H3,(H,26,27)(H,28,29)/t15-/m1/s1. The van der Waals surface area contributed by atoms with Crippen LogP contribution in [0.4, 0.5) is 10.2 Å². The van der Waals surface area contributed by atoms with Crippen molar-refractivity contribution >= 4 is 17.3 Å². The van der Waals surface area contributed by atoms with Crippen molar-refractivity contribution in [3.05, 3.63) is 53.6 Å². The van der Waals surface area contributed by atoms with E-state index in [0.29, 0.717) is 28.6 Å². The zero-order valence-corrected chi connectivity index (χ0v) is 18.9. The van der Waals surface area contributed by atoms with Crippen molar-refractivity contribution in [3.8, 4) is 5.75 Å². The van der Waals surface area contributed by atoms with Gasteiger partial charge in [0.15, 0.2) is 17.2 Å². The Kier molecular flexibility index (Phi) is 6.27. The van der Waals surface area contributed by atoms with E-state index >= 15 is 0 Å². The highest BCUT2D eigenvalue weighted by Crippen LogP contribution is 2.31. The van der Waals surface area contributed by atoms with Crippen molar-refractivity contribution in [2.24, 2.45) is 4.99 Å². The minimum absolute atomic E-state index is 0.228. The highest BCUT2D eigenvalue weighted by molar-refractivity contribution is 6.04. The molecular formula is C23H29FN6O2. The minimum Gasteiger partial charge on any atom is -0.496 e. The maximum atomic E-state index is 13.8. The number of hydrogen-bond donors (Lipinski definition) is 2.